The number of sulfonamides is 1. The van der Waals surface area contributed by atoms with Crippen molar-refractivity contribution in [2.45, 2.75) is 10.9 Å². The Bertz CT molecular complexity index is 708. The Hall–Kier alpha value is -1.79. The van der Waals surface area contributed by atoms with Gasteiger partial charge >= 0.3 is 0 Å². The van der Waals surface area contributed by atoms with Crippen molar-refractivity contribution in [2.75, 3.05) is 32.8 Å². The van der Waals surface area contributed by atoms with Crippen molar-refractivity contribution in [3.05, 3.63) is 34.4 Å². The van der Waals surface area contributed by atoms with Crippen LogP contribution < -0.4 is 15.4 Å². The first-order valence-electron chi connectivity index (χ1n) is 7.24. The molecule has 1 aromatic carbocycles. The quantitative estimate of drug-likeness (QED) is 0.318. The van der Waals surface area contributed by atoms with Gasteiger partial charge in [0.05, 0.1) is 18.1 Å². The smallest absolute Gasteiger partial charge is 0.289 e. The molecule has 25 heavy (non-hydrogen) atoms. The van der Waals surface area contributed by atoms with Gasteiger partial charge in [0.1, 0.15) is 6.04 Å². The highest BCUT2D eigenvalue weighted by Gasteiger charge is 2.25. The molecule has 0 aromatic heterocycles. The molecule has 1 aliphatic rings. The van der Waals surface area contributed by atoms with Gasteiger partial charge in [0.15, 0.2) is 4.90 Å². The lowest BCUT2D eigenvalue weighted by atomic mass is 10.2. The van der Waals surface area contributed by atoms with Gasteiger partial charge in [-0.3, -0.25) is 14.9 Å². The number of hydrogen-bond acceptors (Lipinski definition) is 7. The van der Waals surface area contributed by atoms with Crippen molar-refractivity contribution < 1.29 is 22.9 Å². The van der Waals surface area contributed by atoms with Crippen molar-refractivity contribution in [3.63, 3.8) is 0 Å². The summed E-state index contributed by atoms with van der Waals surface area (Å²) in [5.41, 5.74) is -0.502. The maximum Gasteiger partial charge on any atom is 0.289 e. The molecule has 0 bridgehead atoms. The molecule has 1 saturated heterocycles. The second-order valence-corrected chi connectivity index (χ2v) is 6.73. The molecule has 1 atom stereocenters. The molecule has 3 N–H and O–H groups in total. The number of nitrogens with zero attached hydrogens (tertiary/aromatic N) is 1. The number of rotatable bonds is 7. The molecule has 0 radical (unpaired) electrons. The van der Waals surface area contributed by atoms with Crippen LogP contribution in [0, 0.1) is 10.1 Å². The van der Waals surface area contributed by atoms with Crippen LogP contribution in [0.15, 0.2) is 29.2 Å². The average Bonchev–Trinajstić information content (AvgIpc) is 2.59. The number of morpholine rings is 1. The van der Waals surface area contributed by atoms with Crippen molar-refractivity contribution >= 4 is 34.0 Å². The Morgan fingerprint density at radius 3 is 2.72 bits per heavy atom. The van der Waals surface area contributed by atoms with Crippen LogP contribution >= 0.6 is 12.4 Å². The Kier molecular flexibility index (Phi) is 8.19. The van der Waals surface area contributed by atoms with Crippen LogP contribution in [0.1, 0.15) is 0 Å². The van der Waals surface area contributed by atoms with Crippen LogP contribution in [0.2, 0.25) is 0 Å². The van der Waals surface area contributed by atoms with Crippen LogP contribution in [0.25, 0.3) is 0 Å². The fourth-order valence-electron chi connectivity index (χ4n) is 2.14. The second-order valence-electron chi connectivity index (χ2n) is 5.00. The zero-order valence-electron chi connectivity index (χ0n) is 13.1. The molecule has 1 heterocycles. The van der Waals surface area contributed by atoms with E-state index in [0.29, 0.717) is 13.2 Å². The van der Waals surface area contributed by atoms with Gasteiger partial charge in [0.25, 0.3) is 5.69 Å². The molecule has 12 heteroatoms. The van der Waals surface area contributed by atoms with E-state index < -0.39 is 31.6 Å². The predicted molar refractivity (Wildman–Crippen MR) is 91.2 cm³/mol. The number of nitro benzene ring substituents is 1. The Labute approximate surface area is 150 Å². The Balaban J connectivity index is 0.00000312. The maximum atomic E-state index is 12.1. The van der Waals surface area contributed by atoms with Crippen molar-refractivity contribution in [1.29, 1.82) is 0 Å². The van der Waals surface area contributed by atoms with E-state index in [1.54, 1.807) is 0 Å². The maximum absolute atomic E-state index is 12.1. The summed E-state index contributed by atoms with van der Waals surface area (Å²) in [7, 11) is -4.04. The van der Waals surface area contributed by atoms with Crippen molar-refractivity contribution in [3.8, 4) is 0 Å². The molecule has 10 nitrogen and oxygen atoms in total. The highest BCUT2D eigenvalue weighted by molar-refractivity contribution is 7.89. The standard InChI is InChI=1S/C13H18N4O6S.ClH/c18-13(10-9-23-8-7-14-10)15-5-6-16-24(21,22)12-4-2-1-3-11(12)17(19)20;/h1-4,10,14,16H,5-9H2,(H,15,18);1H. The molecule has 1 amide bonds. The van der Waals surface area contributed by atoms with E-state index in [1.807, 2.05) is 0 Å². The fraction of sp³-hybridized carbons (Fsp3) is 0.462. The van der Waals surface area contributed by atoms with Crippen LogP contribution in [0.4, 0.5) is 5.69 Å². The highest BCUT2D eigenvalue weighted by Crippen LogP contribution is 2.22. The van der Waals surface area contributed by atoms with Gasteiger partial charge in [0.2, 0.25) is 15.9 Å². The van der Waals surface area contributed by atoms with Gasteiger partial charge in [-0.2, -0.15) is 0 Å². The lowest BCUT2D eigenvalue weighted by molar-refractivity contribution is -0.387. The summed E-state index contributed by atoms with van der Waals surface area (Å²) in [5, 5.41) is 16.4. The lowest BCUT2D eigenvalue weighted by Crippen LogP contribution is -2.52. The van der Waals surface area contributed by atoms with E-state index >= 15 is 0 Å². The van der Waals surface area contributed by atoms with Crippen LogP contribution in [0.5, 0.6) is 0 Å². The second kappa shape index (κ2) is 9.63. The zero-order chi connectivity index (χ0) is 17.6. The largest absolute Gasteiger partial charge is 0.378 e. The van der Waals surface area contributed by atoms with Crippen LogP contribution in [-0.4, -0.2) is 58.1 Å². The van der Waals surface area contributed by atoms with Gasteiger partial charge in [-0.1, -0.05) is 12.1 Å². The number of carbonyl (C=O) groups excluding carboxylic acids is 1. The molecule has 1 unspecified atom stereocenters. The van der Waals surface area contributed by atoms with Crippen molar-refractivity contribution in [1.82, 2.24) is 15.4 Å². The molecule has 140 valence electrons. The van der Waals surface area contributed by atoms with E-state index in [9.17, 15) is 23.3 Å². The van der Waals surface area contributed by atoms with Gasteiger partial charge in [-0.25, -0.2) is 13.1 Å². The number of para-hydroxylation sites is 1. The minimum atomic E-state index is -4.04. The first-order chi connectivity index (χ1) is 11.4. The molecule has 1 fully saturated rings. The van der Waals surface area contributed by atoms with Gasteiger partial charge < -0.3 is 15.4 Å². The number of halogens is 1. The molecule has 0 spiro atoms. The summed E-state index contributed by atoms with van der Waals surface area (Å²) in [5.74, 6) is -0.292. The molecule has 1 aromatic rings. The summed E-state index contributed by atoms with van der Waals surface area (Å²) >= 11 is 0. The molecule has 2 rings (SSSR count). The number of nitro groups is 1. The van der Waals surface area contributed by atoms with E-state index in [1.165, 1.54) is 12.1 Å². The van der Waals surface area contributed by atoms with E-state index in [2.05, 4.69) is 15.4 Å². The molecule has 1 aliphatic heterocycles. The predicted octanol–water partition coefficient (Wildman–Crippen LogP) is -0.600. The van der Waals surface area contributed by atoms with E-state index in [4.69, 9.17) is 4.74 Å². The summed E-state index contributed by atoms with van der Waals surface area (Å²) < 4.78 is 31.7. The summed E-state index contributed by atoms with van der Waals surface area (Å²) in [6, 6.07) is 4.59. The van der Waals surface area contributed by atoms with E-state index in [0.717, 1.165) is 12.1 Å². The number of ether oxygens (including phenoxy) is 1. The van der Waals surface area contributed by atoms with Gasteiger partial charge in [0, 0.05) is 25.7 Å². The lowest BCUT2D eigenvalue weighted by Gasteiger charge is -2.22. The summed E-state index contributed by atoms with van der Waals surface area (Å²) in [6.07, 6.45) is 0. The molecular weight excluding hydrogens is 376 g/mol. The third-order valence-electron chi connectivity index (χ3n) is 3.31. The first kappa shape index (κ1) is 21.3. The first-order valence-corrected chi connectivity index (χ1v) is 8.72. The third-order valence-corrected chi connectivity index (χ3v) is 4.81. The number of hydrogen-bond donors (Lipinski definition) is 3. The average molecular weight is 395 g/mol. The number of nitrogens with one attached hydrogen (secondary N) is 3. The summed E-state index contributed by atoms with van der Waals surface area (Å²) in [6.45, 7) is 1.33. The molecule has 0 saturated carbocycles. The van der Waals surface area contributed by atoms with Gasteiger partial charge in [-0.15, -0.1) is 12.4 Å². The normalized spacial score (nSPS) is 17.4. The van der Waals surface area contributed by atoms with Crippen LogP contribution in [-0.2, 0) is 19.6 Å². The highest BCUT2D eigenvalue weighted by atomic mass is 35.5. The minimum Gasteiger partial charge on any atom is -0.378 e. The number of benzene rings is 1. The minimum absolute atomic E-state index is 0. The van der Waals surface area contributed by atoms with E-state index in [-0.39, 0.29) is 38.0 Å². The topological polar surface area (TPSA) is 140 Å². The van der Waals surface area contributed by atoms with Gasteiger partial charge in [-0.05, 0) is 6.07 Å². The monoisotopic (exact) mass is 394 g/mol. The Morgan fingerprint density at radius 1 is 1.36 bits per heavy atom. The molecule has 0 aliphatic carbocycles. The Morgan fingerprint density at radius 2 is 2.08 bits per heavy atom. The number of amides is 1. The SMILES string of the molecule is Cl.O=C(NCCNS(=O)(=O)c1ccccc1[N+](=O)[O-])C1COCCN1. The third kappa shape index (κ3) is 5.90. The van der Waals surface area contributed by atoms with Crippen molar-refractivity contribution in [2.24, 2.45) is 0 Å². The van der Waals surface area contributed by atoms with Crippen LogP contribution in [0.3, 0.4) is 0 Å². The zero-order valence-corrected chi connectivity index (χ0v) is 14.8. The fourth-order valence-corrected chi connectivity index (χ4v) is 3.34. The number of carbonyl (C=O) groups is 1. The summed E-state index contributed by atoms with van der Waals surface area (Å²) in [4.78, 5) is 21.5. The molecular formula is C13H19ClN4O6S.